The van der Waals surface area contributed by atoms with Gasteiger partial charge in [0.15, 0.2) is 0 Å². The molecule has 0 N–H and O–H groups in total. The Bertz CT molecular complexity index is 1130. The molecule has 5 nitrogen and oxygen atoms in total. The van der Waals surface area contributed by atoms with Crippen LogP contribution in [0.3, 0.4) is 0 Å². The van der Waals surface area contributed by atoms with Crippen LogP contribution in [0.2, 0.25) is 0 Å². The zero-order valence-electron chi connectivity index (χ0n) is 16.1. The molecule has 3 fully saturated rings. The Morgan fingerprint density at radius 2 is 1.68 bits per heavy atom. The second-order valence-corrected chi connectivity index (χ2v) is 8.67. The van der Waals surface area contributed by atoms with Crippen molar-refractivity contribution >= 4 is 18.0 Å². The van der Waals surface area contributed by atoms with Crippen LogP contribution in [0.25, 0.3) is 11.3 Å². The standard InChI is InChI=1S/C23H17F3N2O3/c24-23(25,26)12-3-1-2-11(8-12)18-7-4-13(31-18)10-27-28-21(29)19-14-5-6-15(17-9-16(14)17)20(19)22(28)30/h1-8,10,14-17,19-20H,9H2/b27-10-/t14-,15-,16-,17-,19-,20+/m1/s1. The van der Waals surface area contributed by atoms with E-state index in [-0.39, 0.29) is 52.6 Å². The Kier molecular flexibility index (Phi) is 3.71. The molecular weight excluding hydrogens is 409 g/mol. The van der Waals surface area contributed by atoms with Gasteiger partial charge >= 0.3 is 6.18 Å². The number of hydrazone groups is 1. The van der Waals surface area contributed by atoms with Crippen molar-refractivity contribution < 1.29 is 27.2 Å². The maximum Gasteiger partial charge on any atom is 0.416 e. The smallest absolute Gasteiger partial charge is 0.416 e. The van der Waals surface area contributed by atoms with E-state index in [9.17, 15) is 22.8 Å². The molecule has 1 aromatic carbocycles. The third-order valence-electron chi connectivity index (χ3n) is 7.04. The fourth-order valence-corrected chi connectivity index (χ4v) is 5.60. The van der Waals surface area contributed by atoms with Crippen LogP contribution in [0, 0.1) is 35.5 Å². The molecule has 158 valence electrons. The van der Waals surface area contributed by atoms with E-state index in [1.54, 1.807) is 0 Å². The summed E-state index contributed by atoms with van der Waals surface area (Å²) in [5.74, 6) is 0.520. The second kappa shape index (κ2) is 6.18. The number of benzene rings is 1. The molecule has 1 aromatic heterocycles. The van der Waals surface area contributed by atoms with Gasteiger partial charge < -0.3 is 4.42 Å². The van der Waals surface area contributed by atoms with Crippen LogP contribution in [-0.2, 0) is 15.8 Å². The summed E-state index contributed by atoms with van der Waals surface area (Å²) in [6, 6.07) is 7.89. The highest BCUT2D eigenvalue weighted by Gasteiger charge is 2.67. The first kappa shape index (κ1) is 18.6. The number of halogens is 3. The highest BCUT2D eigenvalue weighted by molar-refractivity contribution is 6.06. The van der Waals surface area contributed by atoms with Gasteiger partial charge in [0.1, 0.15) is 11.5 Å². The predicted molar refractivity (Wildman–Crippen MR) is 103 cm³/mol. The van der Waals surface area contributed by atoms with E-state index in [2.05, 4.69) is 17.3 Å². The molecule has 7 rings (SSSR count). The Labute approximate surface area is 175 Å². The van der Waals surface area contributed by atoms with Crippen molar-refractivity contribution in [3.8, 4) is 11.3 Å². The zero-order valence-corrected chi connectivity index (χ0v) is 16.1. The molecule has 0 unspecified atom stereocenters. The minimum absolute atomic E-state index is 0.118. The molecule has 5 aliphatic rings. The molecule has 2 saturated carbocycles. The largest absolute Gasteiger partial charge is 0.455 e. The van der Waals surface area contributed by atoms with E-state index >= 15 is 0 Å². The number of alkyl halides is 3. The van der Waals surface area contributed by atoms with Crippen molar-refractivity contribution in [2.24, 2.45) is 40.6 Å². The maximum absolute atomic E-state index is 12.9. The number of rotatable bonds is 3. The molecule has 0 spiro atoms. The van der Waals surface area contributed by atoms with Crippen molar-refractivity contribution in [2.45, 2.75) is 12.6 Å². The molecule has 1 saturated heterocycles. The van der Waals surface area contributed by atoms with Gasteiger partial charge in [-0.05, 0) is 54.4 Å². The maximum atomic E-state index is 12.9. The van der Waals surface area contributed by atoms with E-state index < -0.39 is 11.7 Å². The monoisotopic (exact) mass is 426 g/mol. The first-order valence-corrected chi connectivity index (χ1v) is 10.2. The van der Waals surface area contributed by atoms with Crippen LogP contribution in [-0.4, -0.2) is 23.0 Å². The SMILES string of the molecule is O=C1[C@@H]2[C@@H]3C=C[C@H]([C@H]4C[C@H]34)[C@@H]2C(=O)N1/N=C\c1ccc(-c2cccc(C(F)(F)F)c2)o1. The number of hydrogen-bond donors (Lipinski definition) is 0. The lowest BCUT2D eigenvalue weighted by molar-refractivity contribution is -0.140. The first-order valence-electron chi connectivity index (χ1n) is 10.2. The van der Waals surface area contributed by atoms with Crippen molar-refractivity contribution in [1.29, 1.82) is 0 Å². The highest BCUT2D eigenvalue weighted by Crippen LogP contribution is 2.65. The molecule has 4 aliphatic carbocycles. The van der Waals surface area contributed by atoms with Crippen molar-refractivity contribution in [2.75, 3.05) is 0 Å². The molecule has 2 amide bonds. The molecule has 31 heavy (non-hydrogen) atoms. The predicted octanol–water partition coefficient (Wildman–Crippen LogP) is 4.35. The van der Waals surface area contributed by atoms with Crippen LogP contribution in [0.15, 0.2) is 58.1 Å². The number of amides is 2. The van der Waals surface area contributed by atoms with Crippen LogP contribution >= 0.6 is 0 Å². The molecule has 2 bridgehead atoms. The number of carbonyl (C=O) groups excluding carboxylic acids is 2. The van der Waals surface area contributed by atoms with Gasteiger partial charge in [0.25, 0.3) is 11.8 Å². The van der Waals surface area contributed by atoms with E-state index in [0.717, 1.165) is 23.6 Å². The Morgan fingerprint density at radius 3 is 2.32 bits per heavy atom. The lowest BCUT2D eigenvalue weighted by atomic mass is 9.63. The van der Waals surface area contributed by atoms with E-state index in [0.29, 0.717) is 11.8 Å². The van der Waals surface area contributed by atoms with Crippen LogP contribution < -0.4 is 0 Å². The summed E-state index contributed by atoms with van der Waals surface area (Å²) in [7, 11) is 0. The Balaban J connectivity index is 1.23. The molecule has 8 heteroatoms. The average Bonchev–Trinajstić information content (AvgIpc) is 3.38. The summed E-state index contributed by atoms with van der Waals surface area (Å²) in [4.78, 5) is 25.8. The summed E-state index contributed by atoms with van der Waals surface area (Å²) in [5, 5.41) is 5.03. The van der Waals surface area contributed by atoms with E-state index in [4.69, 9.17) is 4.42 Å². The number of nitrogens with zero attached hydrogens (tertiary/aromatic N) is 2. The van der Waals surface area contributed by atoms with Gasteiger partial charge in [-0.25, -0.2) is 0 Å². The molecular formula is C23H17F3N2O3. The summed E-state index contributed by atoms with van der Waals surface area (Å²) in [5.41, 5.74) is -0.496. The summed E-state index contributed by atoms with van der Waals surface area (Å²) >= 11 is 0. The number of imide groups is 1. The highest BCUT2D eigenvalue weighted by atomic mass is 19.4. The van der Waals surface area contributed by atoms with Gasteiger partial charge in [-0.3, -0.25) is 9.59 Å². The Morgan fingerprint density at radius 1 is 1.00 bits per heavy atom. The third-order valence-corrected chi connectivity index (χ3v) is 7.04. The van der Waals surface area contributed by atoms with Gasteiger partial charge in [0.2, 0.25) is 0 Å². The van der Waals surface area contributed by atoms with Crippen LogP contribution in [0.1, 0.15) is 17.7 Å². The Hall–Kier alpha value is -3.16. The lowest BCUT2D eigenvalue weighted by Gasteiger charge is -2.37. The second-order valence-electron chi connectivity index (χ2n) is 8.67. The topological polar surface area (TPSA) is 62.9 Å². The molecule has 2 heterocycles. The fourth-order valence-electron chi connectivity index (χ4n) is 5.60. The fraction of sp³-hybridized carbons (Fsp3) is 0.348. The zero-order chi connectivity index (χ0) is 21.5. The lowest BCUT2D eigenvalue weighted by Crippen LogP contribution is -2.40. The van der Waals surface area contributed by atoms with Crippen LogP contribution in [0.5, 0.6) is 0 Å². The summed E-state index contributed by atoms with van der Waals surface area (Å²) in [6.07, 6.45) is 2.08. The summed E-state index contributed by atoms with van der Waals surface area (Å²) < 4.78 is 44.4. The third kappa shape index (κ3) is 2.73. The van der Waals surface area contributed by atoms with Gasteiger partial charge in [0.05, 0.1) is 23.6 Å². The summed E-state index contributed by atoms with van der Waals surface area (Å²) in [6.45, 7) is 0. The molecule has 6 atom stereocenters. The van der Waals surface area contributed by atoms with Gasteiger partial charge in [-0.2, -0.15) is 23.3 Å². The molecule has 1 aliphatic heterocycles. The normalized spacial score (nSPS) is 33.3. The van der Waals surface area contributed by atoms with Gasteiger partial charge in [-0.15, -0.1) is 0 Å². The van der Waals surface area contributed by atoms with Crippen LogP contribution in [0.4, 0.5) is 13.2 Å². The molecule has 2 aromatic rings. The average molecular weight is 426 g/mol. The van der Waals surface area contributed by atoms with Gasteiger partial charge in [-0.1, -0.05) is 24.3 Å². The molecule has 0 radical (unpaired) electrons. The minimum Gasteiger partial charge on any atom is -0.455 e. The van der Waals surface area contributed by atoms with Crippen molar-refractivity contribution in [3.63, 3.8) is 0 Å². The van der Waals surface area contributed by atoms with Crippen molar-refractivity contribution in [1.82, 2.24) is 5.01 Å². The number of furan rings is 1. The number of allylic oxidation sites excluding steroid dienone is 2. The minimum atomic E-state index is -4.45. The first-order chi connectivity index (χ1) is 14.8. The van der Waals surface area contributed by atoms with Crippen molar-refractivity contribution in [3.05, 3.63) is 59.9 Å². The quantitative estimate of drug-likeness (QED) is 0.416. The van der Waals surface area contributed by atoms with Gasteiger partial charge in [0, 0.05) is 5.56 Å². The number of hydrogen-bond acceptors (Lipinski definition) is 4. The van der Waals surface area contributed by atoms with E-state index in [1.807, 2.05) is 0 Å². The number of carbonyl (C=O) groups is 2. The van der Waals surface area contributed by atoms with E-state index in [1.165, 1.54) is 30.5 Å².